The average Bonchev–Trinajstić information content (AvgIpc) is 2.86. The molecular formula is C29H40. The molecule has 2 aliphatic rings. The lowest BCUT2D eigenvalue weighted by Gasteiger charge is -2.32. The summed E-state index contributed by atoms with van der Waals surface area (Å²) in [7, 11) is 0. The molecule has 2 aliphatic carbocycles. The number of rotatable bonds is 2. The molecular weight excluding hydrogens is 348 g/mol. The molecule has 0 amide bonds. The zero-order valence-electron chi connectivity index (χ0n) is 20.3. The minimum atomic E-state index is 0.230. The van der Waals surface area contributed by atoms with E-state index in [-0.39, 0.29) is 21.7 Å². The highest BCUT2D eigenvalue weighted by molar-refractivity contribution is 5.51. The smallest absolute Gasteiger partial charge is 0.00256 e. The monoisotopic (exact) mass is 388 g/mol. The van der Waals surface area contributed by atoms with Crippen molar-refractivity contribution in [1.29, 1.82) is 0 Å². The molecule has 0 fully saturated rings. The summed E-state index contributed by atoms with van der Waals surface area (Å²) >= 11 is 0. The summed E-state index contributed by atoms with van der Waals surface area (Å²) in [5, 5.41) is 0. The zero-order chi connectivity index (χ0) is 21.6. The fourth-order valence-electron chi connectivity index (χ4n) is 6.57. The summed E-state index contributed by atoms with van der Waals surface area (Å²) in [6, 6.07) is 14.6. The minimum Gasteiger partial charge on any atom is -0.0608 e. The molecule has 0 heterocycles. The van der Waals surface area contributed by atoms with E-state index in [4.69, 9.17) is 0 Å². The van der Waals surface area contributed by atoms with Crippen LogP contribution in [0.5, 0.6) is 0 Å². The second kappa shape index (κ2) is 5.99. The minimum absolute atomic E-state index is 0.230. The first kappa shape index (κ1) is 20.7. The van der Waals surface area contributed by atoms with Crippen LogP contribution in [-0.4, -0.2) is 0 Å². The Labute approximate surface area is 179 Å². The number of hydrogen-bond donors (Lipinski definition) is 0. The van der Waals surface area contributed by atoms with Gasteiger partial charge in [0, 0.05) is 0 Å². The summed E-state index contributed by atoms with van der Waals surface area (Å²) in [4.78, 5) is 0. The van der Waals surface area contributed by atoms with Gasteiger partial charge in [-0.2, -0.15) is 0 Å². The molecule has 29 heavy (non-hydrogen) atoms. The molecule has 0 aromatic heterocycles. The third kappa shape index (κ3) is 2.70. The first-order chi connectivity index (χ1) is 13.2. The molecule has 156 valence electrons. The van der Waals surface area contributed by atoms with E-state index in [1.807, 2.05) is 0 Å². The van der Waals surface area contributed by atoms with Crippen LogP contribution in [0.3, 0.4) is 0 Å². The Bertz CT molecular complexity index is 888. The highest BCUT2D eigenvalue weighted by Crippen LogP contribution is 2.55. The van der Waals surface area contributed by atoms with Gasteiger partial charge in [0.2, 0.25) is 0 Å². The number of hydrogen-bond acceptors (Lipinski definition) is 0. The van der Waals surface area contributed by atoms with Gasteiger partial charge in [0.1, 0.15) is 0 Å². The predicted molar refractivity (Wildman–Crippen MR) is 126 cm³/mol. The third-order valence-electron chi connectivity index (χ3n) is 9.68. The van der Waals surface area contributed by atoms with Crippen molar-refractivity contribution < 1.29 is 0 Å². The molecule has 0 spiro atoms. The molecule has 4 rings (SSSR count). The SMILES string of the molecule is CC1C(C)(C)c2ccc(Cc3ccc4c(c3)C(C)(C)C(C)C4(C)C)cc2C1(C)C. The first-order valence-electron chi connectivity index (χ1n) is 11.5. The lowest BCUT2D eigenvalue weighted by molar-refractivity contribution is 0.264. The van der Waals surface area contributed by atoms with E-state index in [9.17, 15) is 0 Å². The molecule has 0 bridgehead atoms. The quantitative estimate of drug-likeness (QED) is 0.494. The summed E-state index contributed by atoms with van der Waals surface area (Å²) in [6.07, 6.45) is 1.02. The van der Waals surface area contributed by atoms with Crippen molar-refractivity contribution in [1.82, 2.24) is 0 Å². The molecule has 0 saturated carbocycles. The van der Waals surface area contributed by atoms with Crippen LogP contribution in [0.4, 0.5) is 0 Å². The van der Waals surface area contributed by atoms with Gasteiger partial charge >= 0.3 is 0 Å². The highest BCUT2D eigenvalue weighted by atomic mass is 14.5. The molecule has 0 aliphatic heterocycles. The van der Waals surface area contributed by atoms with Crippen LogP contribution >= 0.6 is 0 Å². The van der Waals surface area contributed by atoms with Crippen LogP contribution in [-0.2, 0) is 28.1 Å². The van der Waals surface area contributed by atoms with Crippen molar-refractivity contribution in [2.24, 2.45) is 11.8 Å². The maximum atomic E-state index is 2.51. The standard InChI is InChI=1S/C29H40/c1-18-26(3,4)22-13-11-20(16-24(22)28(18,7)8)15-21-12-14-23-25(17-21)29(9,10)19(2)27(23,5)6/h11-14,16-19H,15H2,1-10H3. The van der Waals surface area contributed by atoms with Gasteiger partial charge in [0.05, 0.1) is 0 Å². The lowest BCUT2D eigenvalue weighted by atomic mass is 9.71. The van der Waals surface area contributed by atoms with Crippen molar-refractivity contribution in [2.75, 3.05) is 0 Å². The van der Waals surface area contributed by atoms with Crippen molar-refractivity contribution in [2.45, 2.75) is 97.3 Å². The number of benzene rings is 2. The maximum Gasteiger partial charge on any atom is -0.00256 e. The van der Waals surface area contributed by atoms with Gasteiger partial charge in [-0.3, -0.25) is 0 Å². The van der Waals surface area contributed by atoms with Crippen LogP contribution < -0.4 is 0 Å². The molecule has 0 nitrogen and oxygen atoms in total. The van der Waals surface area contributed by atoms with Crippen LogP contribution in [0, 0.1) is 11.8 Å². The Morgan fingerprint density at radius 2 is 0.828 bits per heavy atom. The van der Waals surface area contributed by atoms with E-state index in [1.165, 1.54) is 11.1 Å². The first-order valence-corrected chi connectivity index (χ1v) is 11.5. The molecule has 0 heteroatoms. The van der Waals surface area contributed by atoms with Gasteiger partial charge in [0.15, 0.2) is 0 Å². The molecule has 2 unspecified atom stereocenters. The van der Waals surface area contributed by atoms with E-state index >= 15 is 0 Å². The van der Waals surface area contributed by atoms with Crippen LogP contribution in [0.15, 0.2) is 36.4 Å². The topological polar surface area (TPSA) is 0 Å². The van der Waals surface area contributed by atoms with E-state index in [1.54, 1.807) is 22.3 Å². The maximum absolute atomic E-state index is 2.51. The Kier molecular flexibility index (Phi) is 4.28. The van der Waals surface area contributed by atoms with Crippen molar-refractivity contribution in [3.05, 3.63) is 69.8 Å². The fourth-order valence-corrected chi connectivity index (χ4v) is 6.57. The zero-order valence-corrected chi connectivity index (χ0v) is 20.3. The van der Waals surface area contributed by atoms with E-state index < -0.39 is 0 Å². The Morgan fingerprint density at radius 1 is 0.517 bits per heavy atom. The Hall–Kier alpha value is -1.56. The van der Waals surface area contributed by atoms with Crippen LogP contribution in [0.1, 0.15) is 103 Å². The summed E-state index contributed by atoms with van der Waals surface area (Å²) < 4.78 is 0. The number of fused-ring (bicyclic) bond motifs is 2. The molecule has 2 aromatic carbocycles. The molecule has 0 radical (unpaired) electrons. The van der Waals surface area contributed by atoms with E-state index in [0.717, 1.165) is 6.42 Å². The molecule has 2 atom stereocenters. The summed E-state index contributed by atoms with van der Waals surface area (Å²) in [5.41, 5.74) is 10.1. The normalized spacial score (nSPS) is 27.5. The lowest BCUT2D eigenvalue weighted by Crippen LogP contribution is -2.30. The van der Waals surface area contributed by atoms with Gasteiger partial charge < -0.3 is 0 Å². The predicted octanol–water partition coefficient (Wildman–Crippen LogP) is 7.69. The van der Waals surface area contributed by atoms with Crippen molar-refractivity contribution >= 4 is 0 Å². The van der Waals surface area contributed by atoms with E-state index in [0.29, 0.717) is 11.8 Å². The molecule has 0 N–H and O–H groups in total. The largest absolute Gasteiger partial charge is 0.0608 e. The van der Waals surface area contributed by atoms with Crippen LogP contribution in [0.2, 0.25) is 0 Å². The van der Waals surface area contributed by atoms with Gasteiger partial charge in [-0.1, -0.05) is 106 Å². The summed E-state index contributed by atoms with van der Waals surface area (Å²) in [5.74, 6) is 1.29. The summed E-state index contributed by atoms with van der Waals surface area (Å²) in [6.45, 7) is 24.2. The molecule has 0 saturated heterocycles. The van der Waals surface area contributed by atoms with Crippen molar-refractivity contribution in [3.63, 3.8) is 0 Å². The Morgan fingerprint density at radius 3 is 1.17 bits per heavy atom. The second-order valence-electron chi connectivity index (χ2n) is 12.3. The second-order valence-corrected chi connectivity index (χ2v) is 12.3. The molecule has 2 aromatic rings. The van der Waals surface area contributed by atoms with Crippen LogP contribution in [0.25, 0.3) is 0 Å². The van der Waals surface area contributed by atoms with Gasteiger partial charge in [-0.05, 0) is 73.3 Å². The fraction of sp³-hybridized carbons (Fsp3) is 0.586. The van der Waals surface area contributed by atoms with Gasteiger partial charge in [0.25, 0.3) is 0 Å². The van der Waals surface area contributed by atoms with Crippen molar-refractivity contribution in [3.8, 4) is 0 Å². The van der Waals surface area contributed by atoms with E-state index in [2.05, 4.69) is 106 Å². The third-order valence-corrected chi connectivity index (χ3v) is 9.68. The highest BCUT2D eigenvalue weighted by Gasteiger charge is 2.49. The van der Waals surface area contributed by atoms with Gasteiger partial charge in [-0.25, -0.2) is 0 Å². The Balaban J connectivity index is 1.72. The average molecular weight is 389 g/mol. The van der Waals surface area contributed by atoms with Gasteiger partial charge in [-0.15, -0.1) is 0 Å².